The molecular formula is C16H21NO. The lowest BCUT2D eigenvalue weighted by Gasteiger charge is -2.32. The predicted molar refractivity (Wildman–Crippen MR) is 74.8 cm³/mol. The molecule has 3 rings (SSSR count). The van der Waals surface area contributed by atoms with Gasteiger partial charge in [-0.3, -0.25) is 4.90 Å². The van der Waals surface area contributed by atoms with Crippen molar-refractivity contribution in [2.75, 3.05) is 20.2 Å². The van der Waals surface area contributed by atoms with Crippen molar-refractivity contribution in [1.82, 2.24) is 4.90 Å². The number of hydrogen-bond acceptors (Lipinski definition) is 2. The lowest BCUT2D eigenvalue weighted by atomic mass is 9.91. The van der Waals surface area contributed by atoms with Crippen LogP contribution in [0.4, 0.5) is 0 Å². The summed E-state index contributed by atoms with van der Waals surface area (Å²) in [5, 5.41) is 0. The Morgan fingerprint density at radius 2 is 2.00 bits per heavy atom. The van der Waals surface area contributed by atoms with Gasteiger partial charge in [-0.1, -0.05) is 17.7 Å². The summed E-state index contributed by atoms with van der Waals surface area (Å²) >= 11 is 0. The fourth-order valence-corrected chi connectivity index (χ4v) is 3.28. The van der Waals surface area contributed by atoms with Crippen LogP contribution in [0, 0.1) is 0 Å². The zero-order valence-electron chi connectivity index (χ0n) is 11.3. The number of hydrogen-bond donors (Lipinski definition) is 0. The van der Waals surface area contributed by atoms with Crippen molar-refractivity contribution in [2.24, 2.45) is 0 Å². The third kappa shape index (κ3) is 2.05. The Morgan fingerprint density at radius 3 is 2.72 bits per heavy atom. The van der Waals surface area contributed by atoms with E-state index in [1.54, 1.807) is 12.7 Å². The molecule has 0 N–H and O–H groups in total. The highest BCUT2D eigenvalue weighted by molar-refractivity contribution is 5.71. The standard InChI is InChI=1S/C16H21NO/c1-12-10-14-4-3-9-17(14)11-16(12)13-5-7-15(18-2)8-6-13/h5-8,14H,3-4,9-11H2,1-2H3/t14-/m0/s1. The summed E-state index contributed by atoms with van der Waals surface area (Å²) in [6.45, 7) is 4.70. The van der Waals surface area contributed by atoms with Crippen molar-refractivity contribution in [3.63, 3.8) is 0 Å². The van der Waals surface area contributed by atoms with E-state index in [0.717, 1.165) is 18.3 Å². The summed E-state index contributed by atoms with van der Waals surface area (Å²) in [5.74, 6) is 0.937. The lowest BCUT2D eigenvalue weighted by Crippen LogP contribution is -2.34. The molecule has 2 heterocycles. The zero-order chi connectivity index (χ0) is 12.5. The Bertz CT molecular complexity index is 460. The highest BCUT2D eigenvalue weighted by atomic mass is 16.5. The number of methoxy groups -OCH3 is 1. The molecule has 0 radical (unpaired) electrons. The molecule has 2 aliphatic heterocycles. The van der Waals surface area contributed by atoms with E-state index < -0.39 is 0 Å². The first-order chi connectivity index (χ1) is 8.78. The average molecular weight is 243 g/mol. The van der Waals surface area contributed by atoms with Crippen LogP contribution < -0.4 is 4.74 Å². The van der Waals surface area contributed by atoms with Gasteiger partial charge in [-0.05, 0) is 56.0 Å². The fraction of sp³-hybridized carbons (Fsp3) is 0.500. The van der Waals surface area contributed by atoms with Crippen LogP contribution >= 0.6 is 0 Å². The number of fused-ring (bicyclic) bond motifs is 1. The van der Waals surface area contributed by atoms with Gasteiger partial charge in [0.1, 0.15) is 5.75 Å². The molecular weight excluding hydrogens is 222 g/mol. The van der Waals surface area contributed by atoms with Gasteiger partial charge in [0.25, 0.3) is 0 Å². The Balaban J connectivity index is 1.87. The van der Waals surface area contributed by atoms with Crippen molar-refractivity contribution in [2.45, 2.75) is 32.2 Å². The molecule has 1 aromatic carbocycles. The molecule has 2 heteroatoms. The maximum Gasteiger partial charge on any atom is 0.118 e. The molecule has 0 bridgehead atoms. The molecule has 0 saturated carbocycles. The fourth-order valence-electron chi connectivity index (χ4n) is 3.28. The van der Waals surface area contributed by atoms with Crippen molar-refractivity contribution >= 4 is 5.57 Å². The summed E-state index contributed by atoms with van der Waals surface area (Å²) in [4.78, 5) is 2.65. The van der Waals surface area contributed by atoms with Crippen molar-refractivity contribution in [1.29, 1.82) is 0 Å². The number of benzene rings is 1. The minimum Gasteiger partial charge on any atom is -0.497 e. The maximum atomic E-state index is 5.23. The van der Waals surface area contributed by atoms with E-state index in [1.165, 1.54) is 36.9 Å². The minimum atomic E-state index is 0.812. The van der Waals surface area contributed by atoms with Crippen LogP contribution in [-0.4, -0.2) is 31.1 Å². The van der Waals surface area contributed by atoms with Gasteiger partial charge in [0, 0.05) is 12.6 Å². The van der Waals surface area contributed by atoms with E-state index in [4.69, 9.17) is 4.74 Å². The minimum absolute atomic E-state index is 0.812. The average Bonchev–Trinajstić information content (AvgIpc) is 2.85. The molecule has 0 amide bonds. The van der Waals surface area contributed by atoms with Crippen molar-refractivity contribution in [3.05, 3.63) is 35.4 Å². The highest BCUT2D eigenvalue weighted by Gasteiger charge is 2.30. The van der Waals surface area contributed by atoms with Crippen LogP contribution in [0.3, 0.4) is 0 Å². The molecule has 1 fully saturated rings. The largest absolute Gasteiger partial charge is 0.497 e. The molecule has 0 aliphatic carbocycles. The second-order valence-electron chi connectivity index (χ2n) is 5.46. The summed E-state index contributed by atoms with van der Waals surface area (Å²) in [7, 11) is 1.72. The second kappa shape index (κ2) is 4.77. The molecule has 96 valence electrons. The summed E-state index contributed by atoms with van der Waals surface area (Å²) in [5.41, 5.74) is 4.46. The number of rotatable bonds is 2. The second-order valence-corrected chi connectivity index (χ2v) is 5.46. The molecule has 1 aromatic rings. The highest BCUT2D eigenvalue weighted by Crippen LogP contribution is 2.34. The summed E-state index contributed by atoms with van der Waals surface area (Å²) < 4.78 is 5.23. The number of ether oxygens (including phenoxy) is 1. The van der Waals surface area contributed by atoms with Crippen LogP contribution in [0.15, 0.2) is 29.8 Å². The first-order valence-electron chi connectivity index (χ1n) is 6.85. The van der Waals surface area contributed by atoms with Gasteiger partial charge in [-0.25, -0.2) is 0 Å². The topological polar surface area (TPSA) is 12.5 Å². The van der Waals surface area contributed by atoms with E-state index in [9.17, 15) is 0 Å². The lowest BCUT2D eigenvalue weighted by molar-refractivity contribution is 0.271. The first kappa shape index (κ1) is 11.8. The Labute approximate surface area is 109 Å². The van der Waals surface area contributed by atoms with Crippen LogP contribution in [0.1, 0.15) is 31.7 Å². The quantitative estimate of drug-likeness (QED) is 0.790. The van der Waals surface area contributed by atoms with Gasteiger partial charge >= 0.3 is 0 Å². The molecule has 1 saturated heterocycles. The number of nitrogens with zero attached hydrogens (tertiary/aromatic N) is 1. The van der Waals surface area contributed by atoms with Crippen LogP contribution in [0.5, 0.6) is 5.75 Å². The van der Waals surface area contributed by atoms with Gasteiger partial charge in [-0.2, -0.15) is 0 Å². The molecule has 18 heavy (non-hydrogen) atoms. The van der Waals surface area contributed by atoms with E-state index in [-0.39, 0.29) is 0 Å². The first-order valence-corrected chi connectivity index (χ1v) is 6.85. The van der Waals surface area contributed by atoms with Gasteiger partial charge in [0.15, 0.2) is 0 Å². The van der Waals surface area contributed by atoms with Gasteiger partial charge in [-0.15, -0.1) is 0 Å². The maximum absolute atomic E-state index is 5.23. The SMILES string of the molecule is COc1ccc(C2=C(C)C[C@@H]3CCCN3C2)cc1. The molecule has 0 unspecified atom stereocenters. The Hall–Kier alpha value is -1.28. The van der Waals surface area contributed by atoms with E-state index in [0.29, 0.717) is 0 Å². The van der Waals surface area contributed by atoms with E-state index >= 15 is 0 Å². The summed E-state index contributed by atoms with van der Waals surface area (Å²) in [6.07, 6.45) is 4.00. The van der Waals surface area contributed by atoms with Crippen molar-refractivity contribution < 1.29 is 4.74 Å². The predicted octanol–water partition coefficient (Wildman–Crippen LogP) is 3.34. The smallest absolute Gasteiger partial charge is 0.118 e. The van der Waals surface area contributed by atoms with Gasteiger partial charge in [0.2, 0.25) is 0 Å². The monoisotopic (exact) mass is 243 g/mol. The van der Waals surface area contributed by atoms with Gasteiger partial charge in [0.05, 0.1) is 7.11 Å². The van der Waals surface area contributed by atoms with E-state index in [1.807, 2.05) is 0 Å². The third-order valence-corrected chi connectivity index (χ3v) is 4.36. The molecule has 0 aromatic heterocycles. The Morgan fingerprint density at radius 1 is 1.22 bits per heavy atom. The molecule has 2 aliphatic rings. The third-order valence-electron chi connectivity index (χ3n) is 4.36. The molecule has 1 atom stereocenters. The van der Waals surface area contributed by atoms with Gasteiger partial charge < -0.3 is 4.74 Å². The summed E-state index contributed by atoms with van der Waals surface area (Å²) in [6, 6.07) is 9.31. The molecule has 2 nitrogen and oxygen atoms in total. The van der Waals surface area contributed by atoms with Crippen LogP contribution in [0.25, 0.3) is 5.57 Å². The van der Waals surface area contributed by atoms with Crippen molar-refractivity contribution in [3.8, 4) is 5.75 Å². The Kier molecular flexibility index (Phi) is 3.13. The van der Waals surface area contributed by atoms with E-state index in [2.05, 4.69) is 36.1 Å². The zero-order valence-corrected chi connectivity index (χ0v) is 11.3. The normalized spacial score (nSPS) is 24.2. The molecule has 0 spiro atoms. The van der Waals surface area contributed by atoms with Crippen LogP contribution in [-0.2, 0) is 0 Å². The van der Waals surface area contributed by atoms with Crippen LogP contribution in [0.2, 0.25) is 0 Å².